The SMILES string of the molecule is COC(=O)NC(=S)Nc1ccc(SC(C)OC)cc1N. The molecular formula is C12H17N3O3S2. The van der Waals surface area contributed by atoms with Crippen LogP contribution in [0.2, 0.25) is 0 Å². The number of anilines is 2. The summed E-state index contributed by atoms with van der Waals surface area (Å²) in [5.74, 6) is 0. The minimum Gasteiger partial charge on any atom is -0.453 e. The lowest BCUT2D eigenvalue weighted by Crippen LogP contribution is -2.34. The van der Waals surface area contributed by atoms with Crippen LogP contribution in [-0.2, 0) is 9.47 Å². The van der Waals surface area contributed by atoms with Gasteiger partial charge in [-0.2, -0.15) is 0 Å². The Morgan fingerprint density at radius 2 is 2.15 bits per heavy atom. The van der Waals surface area contributed by atoms with Crippen molar-refractivity contribution < 1.29 is 14.3 Å². The van der Waals surface area contributed by atoms with E-state index in [2.05, 4.69) is 15.4 Å². The van der Waals surface area contributed by atoms with Crippen molar-refractivity contribution in [3.8, 4) is 0 Å². The van der Waals surface area contributed by atoms with Crippen LogP contribution in [0.3, 0.4) is 0 Å². The molecule has 1 unspecified atom stereocenters. The Morgan fingerprint density at radius 3 is 2.70 bits per heavy atom. The normalized spacial score (nSPS) is 11.6. The van der Waals surface area contributed by atoms with Gasteiger partial charge in [-0.1, -0.05) is 11.8 Å². The summed E-state index contributed by atoms with van der Waals surface area (Å²) in [7, 11) is 2.91. The number of hydrogen-bond donors (Lipinski definition) is 3. The quantitative estimate of drug-likeness (QED) is 0.340. The number of ether oxygens (including phenoxy) is 2. The van der Waals surface area contributed by atoms with E-state index in [1.54, 1.807) is 24.9 Å². The summed E-state index contributed by atoms with van der Waals surface area (Å²) in [5.41, 5.74) is 7.10. The van der Waals surface area contributed by atoms with Gasteiger partial charge in [-0.15, -0.1) is 0 Å². The van der Waals surface area contributed by atoms with Crippen molar-refractivity contribution in [2.45, 2.75) is 17.3 Å². The van der Waals surface area contributed by atoms with Crippen molar-refractivity contribution in [1.29, 1.82) is 0 Å². The van der Waals surface area contributed by atoms with Gasteiger partial charge in [0.25, 0.3) is 0 Å². The molecule has 0 radical (unpaired) electrons. The van der Waals surface area contributed by atoms with E-state index < -0.39 is 6.09 Å². The van der Waals surface area contributed by atoms with Gasteiger partial charge in [-0.3, -0.25) is 5.32 Å². The molecule has 8 heteroatoms. The Balaban J connectivity index is 2.68. The second kappa shape index (κ2) is 7.93. The fraction of sp³-hybridized carbons (Fsp3) is 0.333. The first-order chi connectivity index (χ1) is 9.46. The van der Waals surface area contributed by atoms with Crippen LogP contribution < -0.4 is 16.4 Å². The maximum atomic E-state index is 11.0. The smallest absolute Gasteiger partial charge is 0.413 e. The van der Waals surface area contributed by atoms with E-state index in [0.717, 1.165) is 4.90 Å². The fourth-order valence-electron chi connectivity index (χ4n) is 1.26. The number of alkyl carbamates (subject to hydrolysis) is 1. The van der Waals surface area contributed by atoms with Gasteiger partial charge in [-0.25, -0.2) is 4.79 Å². The van der Waals surface area contributed by atoms with Gasteiger partial charge in [0.15, 0.2) is 5.11 Å². The number of methoxy groups -OCH3 is 2. The topological polar surface area (TPSA) is 85.6 Å². The Hall–Kier alpha value is -1.51. The number of nitrogens with two attached hydrogens (primary N) is 1. The highest BCUT2D eigenvalue weighted by Crippen LogP contribution is 2.29. The number of nitrogen functional groups attached to an aromatic ring is 1. The molecule has 0 aliphatic rings. The standard InChI is InChI=1S/C12H17N3O3S2/c1-7(17-2)20-8-4-5-10(9(13)6-8)14-11(19)15-12(16)18-3/h4-7H,13H2,1-3H3,(H2,14,15,16,19). The van der Waals surface area contributed by atoms with E-state index in [9.17, 15) is 4.79 Å². The van der Waals surface area contributed by atoms with Crippen LogP contribution in [0.25, 0.3) is 0 Å². The minimum absolute atomic E-state index is 0.0373. The zero-order valence-corrected chi connectivity index (χ0v) is 13.1. The number of amides is 1. The van der Waals surface area contributed by atoms with Crippen LogP contribution in [0.1, 0.15) is 6.92 Å². The largest absolute Gasteiger partial charge is 0.453 e. The molecule has 0 aliphatic carbocycles. The molecular weight excluding hydrogens is 298 g/mol. The second-order valence-electron chi connectivity index (χ2n) is 3.74. The molecule has 1 atom stereocenters. The van der Waals surface area contributed by atoms with Crippen molar-refractivity contribution in [3.63, 3.8) is 0 Å². The lowest BCUT2D eigenvalue weighted by Gasteiger charge is -2.13. The Kier molecular flexibility index (Phi) is 6.56. The first kappa shape index (κ1) is 16.5. The molecule has 1 amide bonds. The fourth-order valence-corrected chi connectivity index (χ4v) is 2.28. The molecule has 0 saturated heterocycles. The first-order valence-electron chi connectivity index (χ1n) is 5.71. The number of carbonyl (C=O) groups is 1. The predicted molar refractivity (Wildman–Crippen MR) is 84.9 cm³/mol. The number of benzene rings is 1. The number of thiocarbonyl (C=S) groups is 1. The van der Waals surface area contributed by atoms with Crippen LogP contribution >= 0.6 is 24.0 Å². The molecule has 0 bridgehead atoms. The lowest BCUT2D eigenvalue weighted by atomic mass is 10.3. The maximum Gasteiger partial charge on any atom is 0.413 e. The molecule has 0 saturated carbocycles. The Bertz CT molecular complexity index is 497. The summed E-state index contributed by atoms with van der Waals surface area (Å²) in [5, 5.41) is 5.28. The van der Waals surface area contributed by atoms with Gasteiger partial charge in [0, 0.05) is 12.0 Å². The summed E-state index contributed by atoms with van der Waals surface area (Å²) in [6.07, 6.45) is -0.637. The van der Waals surface area contributed by atoms with Crippen molar-refractivity contribution in [2.75, 3.05) is 25.3 Å². The van der Waals surface area contributed by atoms with Crippen LogP contribution in [0.5, 0.6) is 0 Å². The molecule has 1 rings (SSSR count). The molecule has 0 aromatic heterocycles. The minimum atomic E-state index is -0.637. The van der Waals surface area contributed by atoms with E-state index in [1.807, 2.05) is 19.1 Å². The molecule has 0 fully saturated rings. The monoisotopic (exact) mass is 315 g/mol. The highest BCUT2D eigenvalue weighted by molar-refractivity contribution is 7.99. The van der Waals surface area contributed by atoms with Crippen molar-refractivity contribution in [3.05, 3.63) is 18.2 Å². The number of thioether (sulfide) groups is 1. The first-order valence-corrected chi connectivity index (χ1v) is 7.00. The van der Waals surface area contributed by atoms with Crippen molar-refractivity contribution >= 4 is 46.6 Å². The maximum absolute atomic E-state index is 11.0. The zero-order valence-electron chi connectivity index (χ0n) is 11.4. The number of carbonyl (C=O) groups excluding carboxylic acids is 1. The molecule has 4 N–H and O–H groups in total. The number of rotatable bonds is 4. The third-order valence-corrected chi connectivity index (χ3v) is 3.56. The van der Waals surface area contributed by atoms with E-state index in [1.165, 1.54) is 7.11 Å². The summed E-state index contributed by atoms with van der Waals surface area (Å²) < 4.78 is 9.61. The van der Waals surface area contributed by atoms with Gasteiger partial charge in [0.1, 0.15) is 5.44 Å². The van der Waals surface area contributed by atoms with Gasteiger partial charge in [0.05, 0.1) is 18.5 Å². The highest BCUT2D eigenvalue weighted by atomic mass is 32.2. The predicted octanol–water partition coefficient (Wildman–Crippen LogP) is 2.41. The van der Waals surface area contributed by atoms with Crippen LogP contribution in [0, 0.1) is 0 Å². The molecule has 20 heavy (non-hydrogen) atoms. The third kappa shape index (κ3) is 5.24. The van der Waals surface area contributed by atoms with Gasteiger partial charge in [0.2, 0.25) is 0 Å². The van der Waals surface area contributed by atoms with Crippen molar-refractivity contribution in [2.24, 2.45) is 0 Å². The highest BCUT2D eigenvalue weighted by Gasteiger charge is 2.08. The summed E-state index contributed by atoms with van der Waals surface area (Å²) >= 11 is 6.50. The van der Waals surface area contributed by atoms with E-state index in [0.29, 0.717) is 11.4 Å². The molecule has 0 aliphatic heterocycles. The second-order valence-corrected chi connectivity index (χ2v) is 5.52. The van der Waals surface area contributed by atoms with Crippen molar-refractivity contribution in [1.82, 2.24) is 5.32 Å². The van der Waals surface area contributed by atoms with Crippen LogP contribution in [-0.4, -0.2) is 30.9 Å². The van der Waals surface area contributed by atoms with Gasteiger partial charge < -0.3 is 20.5 Å². The average Bonchev–Trinajstić information content (AvgIpc) is 2.41. The third-order valence-electron chi connectivity index (χ3n) is 2.31. The van der Waals surface area contributed by atoms with E-state index in [4.69, 9.17) is 22.7 Å². The molecule has 6 nitrogen and oxygen atoms in total. The molecule has 0 heterocycles. The summed E-state index contributed by atoms with van der Waals surface area (Å²) in [6.45, 7) is 1.95. The molecule has 1 aromatic rings. The van der Waals surface area contributed by atoms with E-state index in [-0.39, 0.29) is 10.5 Å². The number of hydrogen-bond acceptors (Lipinski definition) is 6. The molecule has 0 spiro atoms. The Morgan fingerprint density at radius 1 is 1.45 bits per heavy atom. The summed E-state index contributed by atoms with van der Waals surface area (Å²) in [4.78, 5) is 12.0. The average molecular weight is 315 g/mol. The van der Waals surface area contributed by atoms with E-state index >= 15 is 0 Å². The number of nitrogens with one attached hydrogen (secondary N) is 2. The zero-order chi connectivity index (χ0) is 15.1. The molecule has 110 valence electrons. The van der Waals surface area contributed by atoms with Crippen LogP contribution in [0.15, 0.2) is 23.1 Å². The molecule has 1 aromatic carbocycles. The van der Waals surface area contributed by atoms with Gasteiger partial charge in [-0.05, 0) is 37.3 Å². The van der Waals surface area contributed by atoms with Crippen LogP contribution in [0.4, 0.5) is 16.2 Å². The van der Waals surface area contributed by atoms with Gasteiger partial charge >= 0.3 is 6.09 Å². The Labute approximate surface area is 127 Å². The lowest BCUT2D eigenvalue weighted by molar-refractivity contribution is 0.177. The summed E-state index contributed by atoms with van der Waals surface area (Å²) in [6, 6.07) is 5.48.